The van der Waals surface area contributed by atoms with Crippen molar-refractivity contribution in [2.75, 3.05) is 31.3 Å². The van der Waals surface area contributed by atoms with E-state index in [2.05, 4.69) is 15.0 Å². The molecule has 0 saturated heterocycles. The van der Waals surface area contributed by atoms with Gasteiger partial charge in [0.2, 0.25) is 0 Å². The molecule has 2 aromatic carbocycles. The van der Waals surface area contributed by atoms with Crippen LogP contribution < -0.4 is 19.9 Å². The van der Waals surface area contributed by atoms with Crippen LogP contribution in [0.5, 0.6) is 17.2 Å². The molecule has 0 fully saturated rings. The fraction of sp³-hybridized carbons (Fsp3) is 0.261. The van der Waals surface area contributed by atoms with Crippen LogP contribution in [0.2, 0.25) is 0 Å². The quantitative estimate of drug-likeness (QED) is 0.269. The first-order valence-electron chi connectivity index (χ1n) is 10.4. The maximum Gasteiger partial charge on any atom is 0.170 e. The van der Waals surface area contributed by atoms with Crippen molar-refractivity contribution in [1.29, 1.82) is 0 Å². The molecule has 2 heterocycles. The monoisotopic (exact) mass is 451 g/mol. The number of hydrogen-bond acceptors (Lipinski definition) is 8. The smallest absolute Gasteiger partial charge is 0.170 e. The normalized spacial score (nSPS) is 10.9. The molecule has 0 radical (unpaired) electrons. The minimum atomic E-state index is 0.366. The molecule has 2 N–H and O–H groups in total. The second-order valence-electron chi connectivity index (χ2n) is 6.74. The Balaban J connectivity index is 1.38. The van der Waals surface area contributed by atoms with Gasteiger partial charge < -0.3 is 24.5 Å². The number of aromatic nitrogens is 4. The first kappa shape index (κ1) is 21.8. The molecule has 0 bridgehead atoms. The summed E-state index contributed by atoms with van der Waals surface area (Å²) in [4.78, 5) is 13.1. The molecule has 0 amide bonds. The SMILES string of the molecule is CCOc1ccc(OCCSc2nc3c(N)ncnc3n2CCOc2ccccc2)cc1. The van der Waals surface area contributed by atoms with E-state index in [9.17, 15) is 0 Å². The molecule has 2 aromatic heterocycles. The van der Waals surface area contributed by atoms with Crippen LogP contribution in [0.25, 0.3) is 11.2 Å². The second-order valence-corrected chi connectivity index (χ2v) is 7.80. The van der Waals surface area contributed by atoms with Gasteiger partial charge >= 0.3 is 0 Å². The Morgan fingerprint density at radius 3 is 2.31 bits per heavy atom. The van der Waals surface area contributed by atoms with Crippen LogP contribution in [0.1, 0.15) is 6.92 Å². The third-order valence-electron chi connectivity index (χ3n) is 4.57. The molecule has 0 atom stereocenters. The maximum absolute atomic E-state index is 6.02. The standard InChI is InChI=1S/C23H25N5O3S/c1-2-29-18-8-10-19(11-9-18)31-14-15-32-23-27-20-21(24)25-16-26-22(20)28(23)12-13-30-17-6-4-3-5-7-17/h3-11,16H,2,12-15H2,1H3,(H2,24,25,26). The number of thioether (sulfide) groups is 1. The lowest BCUT2D eigenvalue weighted by Gasteiger charge is -2.10. The Bertz CT molecular complexity index is 1140. The number of ether oxygens (including phenoxy) is 3. The molecule has 8 nitrogen and oxygen atoms in total. The van der Waals surface area contributed by atoms with Crippen LogP contribution in [-0.4, -0.2) is 45.1 Å². The number of imidazole rings is 1. The van der Waals surface area contributed by atoms with Crippen molar-refractivity contribution >= 4 is 28.7 Å². The summed E-state index contributed by atoms with van der Waals surface area (Å²) >= 11 is 1.58. The number of nitrogens with zero attached hydrogens (tertiary/aromatic N) is 4. The van der Waals surface area contributed by atoms with E-state index in [-0.39, 0.29) is 0 Å². The van der Waals surface area contributed by atoms with Gasteiger partial charge in [-0.15, -0.1) is 0 Å². The minimum absolute atomic E-state index is 0.366. The van der Waals surface area contributed by atoms with Crippen molar-refractivity contribution < 1.29 is 14.2 Å². The van der Waals surface area contributed by atoms with Crippen LogP contribution >= 0.6 is 11.8 Å². The zero-order valence-electron chi connectivity index (χ0n) is 17.8. The maximum atomic E-state index is 6.02. The molecule has 0 spiro atoms. The molecular formula is C23H25N5O3S. The van der Waals surface area contributed by atoms with Crippen molar-refractivity contribution in [3.63, 3.8) is 0 Å². The number of hydrogen-bond donors (Lipinski definition) is 1. The van der Waals surface area contributed by atoms with Crippen LogP contribution in [0.4, 0.5) is 5.82 Å². The predicted molar refractivity (Wildman–Crippen MR) is 126 cm³/mol. The average molecular weight is 452 g/mol. The van der Waals surface area contributed by atoms with E-state index in [1.165, 1.54) is 6.33 Å². The van der Waals surface area contributed by atoms with Crippen LogP contribution in [0.3, 0.4) is 0 Å². The summed E-state index contributed by atoms with van der Waals surface area (Å²) in [5.41, 5.74) is 7.32. The molecule has 9 heteroatoms. The number of benzene rings is 2. The Kier molecular flexibility index (Phi) is 7.29. The molecule has 0 aliphatic heterocycles. The zero-order chi connectivity index (χ0) is 22.2. The minimum Gasteiger partial charge on any atom is -0.494 e. The van der Waals surface area contributed by atoms with Crippen molar-refractivity contribution in [3.8, 4) is 17.2 Å². The van der Waals surface area contributed by atoms with E-state index in [0.717, 1.165) is 22.4 Å². The Hall–Kier alpha value is -3.46. The van der Waals surface area contributed by atoms with Crippen LogP contribution in [0, 0.1) is 0 Å². The first-order chi connectivity index (χ1) is 15.7. The van der Waals surface area contributed by atoms with Crippen molar-refractivity contribution in [2.24, 2.45) is 0 Å². The lowest BCUT2D eigenvalue weighted by Crippen LogP contribution is -2.10. The summed E-state index contributed by atoms with van der Waals surface area (Å²) in [6.45, 7) is 4.20. The van der Waals surface area contributed by atoms with Gasteiger partial charge in [-0.3, -0.25) is 0 Å². The van der Waals surface area contributed by atoms with Crippen molar-refractivity contribution in [1.82, 2.24) is 19.5 Å². The van der Waals surface area contributed by atoms with Gasteiger partial charge in [-0.2, -0.15) is 0 Å². The highest BCUT2D eigenvalue weighted by molar-refractivity contribution is 7.99. The van der Waals surface area contributed by atoms with E-state index in [1.807, 2.05) is 66.1 Å². The van der Waals surface area contributed by atoms with Gasteiger partial charge in [0.05, 0.1) is 19.8 Å². The lowest BCUT2D eigenvalue weighted by atomic mass is 10.3. The molecule has 4 rings (SSSR count). The molecular weight excluding hydrogens is 426 g/mol. The van der Waals surface area contributed by atoms with Crippen molar-refractivity contribution in [2.45, 2.75) is 18.6 Å². The highest BCUT2D eigenvalue weighted by Crippen LogP contribution is 2.25. The van der Waals surface area contributed by atoms with Gasteiger partial charge in [0.15, 0.2) is 22.1 Å². The third-order valence-corrected chi connectivity index (χ3v) is 5.51. The predicted octanol–water partition coefficient (Wildman–Crippen LogP) is 4.06. The van der Waals surface area contributed by atoms with E-state index in [0.29, 0.717) is 49.1 Å². The molecule has 32 heavy (non-hydrogen) atoms. The molecule has 4 aromatic rings. The first-order valence-corrected chi connectivity index (χ1v) is 11.4. The van der Waals surface area contributed by atoms with E-state index in [4.69, 9.17) is 19.9 Å². The topological polar surface area (TPSA) is 97.3 Å². The summed E-state index contributed by atoms with van der Waals surface area (Å²) in [6, 6.07) is 17.3. The van der Waals surface area contributed by atoms with Gasteiger partial charge in [0.1, 0.15) is 30.2 Å². The molecule has 166 valence electrons. The largest absolute Gasteiger partial charge is 0.494 e. The summed E-state index contributed by atoms with van der Waals surface area (Å²) in [7, 11) is 0. The lowest BCUT2D eigenvalue weighted by molar-refractivity contribution is 0.295. The summed E-state index contributed by atoms with van der Waals surface area (Å²) in [5, 5.41) is 0.805. The van der Waals surface area contributed by atoms with E-state index >= 15 is 0 Å². The number of fused-ring (bicyclic) bond motifs is 1. The second kappa shape index (κ2) is 10.7. The fourth-order valence-electron chi connectivity index (χ4n) is 3.11. The summed E-state index contributed by atoms with van der Waals surface area (Å²) in [5.74, 6) is 3.53. The molecule has 0 aliphatic carbocycles. The third kappa shape index (κ3) is 5.42. The van der Waals surface area contributed by atoms with Gasteiger partial charge in [0.25, 0.3) is 0 Å². The van der Waals surface area contributed by atoms with Gasteiger partial charge in [-0.25, -0.2) is 15.0 Å². The Labute approximate surface area is 190 Å². The van der Waals surface area contributed by atoms with Crippen LogP contribution in [0.15, 0.2) is 66.1 Å². The molecule has 0 unspecified atom stereocenters. The van der Waals surface area contributed by atoms with Gasteiger partial charge in [0, 0.05) is 5.75 Å². The van der Waals surface area contributed by atoms with E-state index < -0.39 is 0 Å². The molecule has 0 aliphatic rings. The Morgan fingerprint density at radius 2 is 1.56 bits per heavy atom. The Morgan fingerprint density at radius 1 is 0.875 bits per heavy atom. The number of para-hydroxylation sites is 1. The molecule has 0 saturated carbocycles. The number of anilines is 1. The summed E-state index contributed by atoms with van der Waals surface area (Å²) < 4.78 is 19.2. The van der Waals surface area contributed by atoms with Crippen molar-refractivity contribution in [3.05, 3.63) is 60.9 Å². The van der Waals surface area contributed by atoms with Gasteiger partial charge in [-0.05, 0) is 43.3 Å². The van der Waals surface area contributed by atoms with Crippen LogP contribution in [-0.2, 0) is 6.54 Å². The highest BCUT2D eigenvalue weighted by Gasteiger charge is 2.15. The number of nitrogen functional groups attached to an aromatic ring is 1. The number of nitrogens with two attached hydrogens (primary N) is 1. The highest BCUT2D eigenvalue weighted by atomic mass is 32.2. The average Bonchev–Trinajstić information content (AvgIpc) is 3.17. The van der Waals surface area contributed by atoms with Gasteiger partial charge in [-0.1, -0.05) is 30.0 Å². The zero-order valence-corrected chi connectivity index (χ0v) is 18.6. The summed E-state index contributed by atoms with van der Waals surface area (Å²) in [6.07, 6.45) is 1.46. The fourth-order valence-corrected chi connectivity index (χ4v) is 3.95. The van der Waals surface area contributed by atoms with E-state index in [1.54, 1.807) is 11.8 Å². The number of rotatable bonds is 11.